The summed E-state index contributed by atoms with van der Waals surface area (Å²) in [4.78, 5) is 28.6. The lowest BCUT2D eigenvalue weighted by Gasteiger charge is -2.68. The fraction of sp³-hybridized carbons (Fsp3) is 0.680. The number of hydrogen-bond acceptors (Lipinski definition) is 6. The minimum absolute atomic E-state index is 0.0527. The summed E-state index contributed by atoms with van der Waals surface area (Å²) >= 11 is 0. The molecule has 56 heavy (non-hydrogen) atoms. The van der Waals surface area contributed by atoms with Crippen LogP contribution in [0.3, 0.4) is 0 Å². The van der Waals surface area contributed by atoms with Crippen LogP contribution in [0.15, 0.2) is 53.6 Å². The van der Waals surface area contributed by atoms with Gasteiger partial charge in [-0.2, -0.15) is 0 Å². The molecule has 6 heteroatoms. The van der Waals surface area contributed by atoms with Gasteiger partial charge in [-0.05, 0) is 158 Å². The number of hydrogen-bond donors (Lipinski definition) is 3. The average molecular weight is 764 g/mol. The average Bonchev–Trinajstić information content (AvgIpc) is 3.42. The Balaban J connectivity index is 1.02. The van der Waals surface area contributed by atoms with Crippen molar-refractivity contribution in [3.05, 3.63) is 70.3 Å². The van der Waals surface area contributed by atoms with Crippen molar-refractivity contribution in [2.45, 2.75) is 163 Å². The first-order valence-electron chi connectivity index (χ1n) is 22.1. The molecule has 0 unspecified atom stereocenters. The van der Waals surface area contributed by atoms with Crippen molar-refractivity contribution in [2.75, 3.05) is 5.73 Å². The lowest BCUT2D eigenvalue weighted by molar-refractivity contribution is -0.183. The van der Waals surface area contributed by atoms with E-state index in [4.69, 9.17) is 10.5 Å². The van der Waals surface area contributed by atoms with E-state index >= 15 is 0 Å². The van der Waals surface area contributed by atoms with E-state index in [1.54, 1.807) is 12.1 Å². The van der Waals surface area contributed by atoms with E-state index in [0.717, 1.165) is 74.6 Å². The van der Waals surface area contributed by atoms with Gasteiger partial charge in [0.1, 0.15) is 17.6 Å². The standard InChI is InChI=1S/C50H69NO5/c1-28(2)20-30-22-32(24-33(51)23-30)35-14-11-15-37(35)50(9)45(56-50)39(53)21-29(3)43-38-16-17-42-47(6)26-36(31-12-10-13-34(52)25-31)44(55)46(4,5)41(47)18-19-48(42,7)49(38,8)27-40(43)54/h10,12-13,22-25,28-29,35-37,39,41-42,45,52-53H,11,14-21,26-27,51H2,1-9H3/t29-,35+,36+,37-,39-,41+,42-,45-,47-,48+,49+,50-/m1/s1. The van der Waals surface area contributed by atoms with Crippen LogP contribution in [0.25, 0.3) is 0 Å². The predicted molar refractivity (Wildman–Crippen MR) is 223 cm³/mol. The first-order chi connectivity index (χ1) is 26.2. The fourth-order valence-electron chi connectivity index (χ4n) is 14.9. The van der Waals surface area contributed by atoms with E-state index in [2.05, 4.69) is 80.5 Å². The Morgan fingerprint density at radius 2 is 1.66 bits per heavy atom. The summed E-state index contributed by atoms with van der Waals surface area (Å²) in [6.07, 6.45) is 9.20. The number of phenols is 1. The number of anilines is 1. The summed E-state index contributed by atoms with van der Waals surface area (Å²) in [5, 5.41) is 22.3. The number of epoxide rings is 1. The number of phenolic OH excluding ortho intramolecular Hbond substituents is 1. The minimum Gasteiger partial charge on any atom is -0.508 e. The number of aliphatic hydroxyl groups excluding tert-OH is 1. The van der Waals surface area contributed by atoms with Crippen LogP contribution in [0.1, 0.15) is 155 Å². The van der Waals surface area contributed by atoms with Crippen molar-refractivity contribution in [2.24, 2.45) is 51.2 Å². The topological polar surface area (TPSA) is 113 Å². The van der Waals surface area contributed by atoms with Crippen LogP contribution in [0.2, 0.25) is 0 Å². The van der Waals surface area contributed by atoms with E-state index in [1.807, 2.05) is 12.1 Å². The number of aliphatic hydroxyl groups is 1. The molecule has 5 aliphatic carbocycles. The highest BCUT2D eigenvalue weighted by Gasteiger charge is 2.69. The smallest absolute Gasteiger partial charge is 0.159 e. The van der Waals surface area contributed by atoms with Gasteiger partial charge < -0.3 is 20.7 Å². The molecule has 12 atom stereocenters. The van der Waals surface area contributed by atoms with Gasteiger partial charge in [-0.25, -0.2) is 0 Å². The van der Waals surface area contributed by atoms with Gasteiger partial charge >= 0.3 is 0 Å². The number of carbonyl (C=O) groups is 2. The largest absolute Gasteiger partial charge is 0.508 e. The first-order valence-corrected chi connectivity index (χ1v) is 22.1. The summed E-state index contributed by atoms with van der Waals surface area (Å²) in [6, 6.07) is 14.0. The van der Waals surface area contributed by atoms with Gasteiger partial charge in [0, 0.05) is 28.9 Å². The molecule has 4 N–H and O–H groups in total. The Kier molecular flexibility index (Phi) is 9.64. The number of fused-ring (bicyclic) bond motifs is 5. The molecule has 0 amide bonds. The predicted octanol–water partition coefficient (Wildman–Crippen LogP) is 10.5. The summed E-state index contributed by atoms with van der Waals surface area (Å²) in [7, 11) is 0. The molecule has 6 aliphatic rings. The quantitative estimate of drug-likeness (QED) is 0.173. The van der Waals surface area contributed by atoms with Gasteiger partial charge in [0.15, 0.2) is 5.78 Å². The number of nitrogen functional groups attached to an aromatic ring is 1. The normalized spacial score (nSPS) is 40.0. The Bertz CT molecular complexity index is 1950. The Morgan fingerprint density at radius 1 is 0.911 bits per heavy atom. The summed E-state index contributed by atoms with van der Waals surface area (Å²) in [5.41, 5.74) is 11.8. The maximum absolute atomic E-state index is 14.4. The second-order valence-electron chi connectivity index (χ2n) is 21.5. The van der Waals surface area contributed by atoms with Crippen LogP contribution in [-0.4, -0.2) is 39.6 Å². The maximum atomic E-state index is 14.4. The maximum Gasteiger partial charge on any atom is 0.159 e. The highest BCUT2D eigenvalue weighted by atomic mass is 16.6. The molecule has 304 valence electrons. The lowest BCUT2D eigenvalue weighted by atomic mass is 9.35. The fourth-order valence-corrected chi connectivity index (χ4v) is 14.9. The number of Topliss-reactive ketones (excluding diaryl/α,β-unsaturated/α-hetero) is 2. The van der Waals surface area contributed by atoms with Crippen LogP contribution >= 0.6 is 0 Å². The highest BCUT2D eigenvalue weighted by molar-refractivity contribution is 6.00. The number of ketones is 2. The monoisotopic (exact) mass is 764 g/mol. The number of nitrogens with two attached hydrogens (primary N) is 1. The van der Waals surface area contributed by atoms with Gasteiger partial charge in [0.05, 0.1) is 11.7 Å². The zero-order valence-corrected chi connectivity index (χ0v) is 35.7. The molecule has 2 aromatic carbocycles. The van der Waals surface area contributed by atoms with Crippen molar-refractivity contribution in [1.82, 2.24) is 0 Å². The molecule has 8 rings (SSSR count). The molecule has 0 radical (unpaired) electrons. The molecule has 0 spiro atoms. The van der Waals surface area contributed by atoms with Crippen molar-refractivity contribution in [3.8, 4) is 5.75 Å². The first kappa shape index (κ1) is 39.8. The lowest BCUT2D eigenvalue weighted by Crippen LogP contribution is -2.63. The number of benzene rings is 2. The van der Waals surface area contributed by atoms with Crippen LogP contribution in [0.5, 0.6) is 5.75 Å². The second kappa shape index (κ2) is 13.5. The van der Waals surface area contributed by atoms with Crippen molar-refractivity contribution < 1.29 is 24.5 Å². The third-order valence-corrected chi connectivity index (χ3v) is 17.5. The highest BCUT2D eigenvalue weighted by Crippen LogP contribution is 2.75. The van der Waals surface area contributed by atoms with Crippen LogP contribution < -0.4 is 5.73 Å². The number of aromatic hydroxyl groups is 1. The molecule has 2 aromatic rings. The van der Waals surface area contributed by atoms with Crippen molar-refractivity contribution in [3.63, 3.8) is 0 Å². The summed E-state index contributed by atoms with van der Waals surface area (Å²) < 4.78 is 6.54. The molecule has 0 bridgehead atoms. The van der Waals surface area contributed by atoms with Gasteiger partial charge in [0.25, 0.3) is 0 Å². The van der Waals surface area contributed by atoms with E-state index < -0.39 is 11.5 Å². The van der Waals surface area contributed by atoms with Gasteiger partial charge in [0.2, 0.25) is 0 Å². The number of rotatable bonds is 9. The van der Waals surface area contributed by atoms with Crippen molar-refractivity contribution >= 4 is 17.3 Å². The minimum atomic E-state index is -0.640. The molecule has 5 fully saturated rings. The SMILES string of the molecule is CC(C)Cc1cc(N)cc([C@@H]2CCC[C@H]2[C@@]2(C)O[C@@H]2[C@H](O)C[C@@H](C)C2=C3CC[C@@H]4[C@]5(C)C[C@@H](c6cccc(O)c6)C(=O)C(C)(C)[C@@H]5CC[C@]4(C)[C@@]3(C)CC2=O)c1. The summed E-state index contributed by atoms with van der Waals surface area (Å²) in [5.74, 6) is 2.34. The van der Waals surface area contributed by atoms with Gasteiger partial charge in [-0.15, -0.1) is 0 Å². The zero-order chi connectivity index (χ0) is 40.3. The molecular formula is C50H69NO5. The Labute approximate surface area is 336 Å². The van der Waals surface area contributed by atoms with E-state index in [0.29, 0.717) is 42.3 Å². The third-order valence-electron chi connectivity index (χ3n) is 17.5. The van der Waals surface area contributed by atoms with Gasteiger partial charge in [-0.3, -0.25) is 9.59 Å². The van der Waals surface area contributed by atoms with E-state index in [-0.39, 0.29) is 57.2 Å². The molecule has 1 heterocycles. The molecule has 1 saturated heterocycles. The Morgan fingerprint density at radius 3 is 2.38 bits per heavy atom. The molecule has 4 saturated carbocycles. The van der Waals surface area contributed by atoms with Gasteiger partial charge in [-0.1, -0.05) is 85.6 Å². The van der Waals surface area contributed by atoms with Crippen LogP contribution in [-0.2, 0) is 20.7 Å². The molecule has 0 aromatic heterocycles. The Hall–Kier alpha value is -2.96. The van der Waals surface area contributed by atoms with Crippen LogP contribution in [0.4, 0.5) is 5.69 Å². The zero-order valence-electron chi connectivity index (χ0n) is 35.7. The number of allylic oxidation sites excluding steroid dienone is 2. The molecule has 6 nitrogen and oxygen atoms in total. The number of ether oxygens (including phenoxy) is 1. The van der Waals surface area contributed by atoms with Crippen molar-refractivity contribution in [1.29, 1.82) is 0 Å². The third kappa shape index (κ3) is 5.99. The molecule has 1 aliphatic heterocycles. The molecular weight excluding hydrogens is 695 g/mol. The van der Waals surface area contributed by atoms with E-state index in [1.165, 1.54) is 16.7 Å². The second-order valence-corrected chi connectivity index (χ2v) is 21.5. The number of carbonyl (C=O) groups excluding carboxylic acids is 2. The summed E-state index contributed by atoms with van der Waals surface area (Å²) in [6.45, 7) is 20.5. The van der Waals surface area contributed by atoms with E-state index in [9.17, 15) is 19.8 Å². The van der Waals surface area contributed by atoms with Crippen LogP contribution in [0, 0.1) is 51.2 Å².